The molecular formula is C36H62N8O12S2. The summed E-state index contributed by atoms with van der Waals surface area (Å²) in [6.45, 7) is 7.85. The Bertz CT molecular complexity index is 1450. The smallest absolute Gasteiger partial charge is 0.326 e. The van der Waals surface area contributed by atoms with Gasteiger partial charge in [0.15, 0.2) is 0 Å². The Morgan fingerprint density at radius 3 is 1.81 bits per heavy atom. The number of carboxylic acids is 2. The molecule has 20 nitrogen and oxygen atoms in total. The van der Waals surface area contributed by atoms with E-state index in [9.17, 15) is 58.5 Å². The fourth-order valence-electron chi connectivity index (χ4n) is 5.91. The van der Waals surface area contributed by atoms with Gasteiger partial charge in [-0.2, -0.15) is 23.5 Å². The second-order valence-corrected chi connectivity index (χ2v) is 16.8. The third-order valence-electron chi connectivity index (χ3n) is 9.15. The van der Waals surface area contributed by atoms with Crippen molar-refractivity contribution in [1.29, 1.82) is 0 Å². The molecule has 1 saturated heterocycles. The maximum atomic E-state index is 14.1. The molecule has 8 atom stereocenters. The molecule has 1 aliphatic rings. The van der Waals surface area contributed by atoms with Gasteiger partial charge < -0.3 is 57.9 Å². The van der Waals surface area contributed by atoms with Crippen LogP contribution in [0.4, 0.5) is 0 Å². The molecule has 0 saturated carbocycles. The van der Waals surface area contributed by atoms with Gasteiger partial charge in [0.05, 0.1) is 19.1 Å². The number of aliphatic hydroxyl groups is 1. The Balaban J connectivity index is 3.20. The minimum atomic E-state index is -1.66. The zero-order valence-electron chi connectivity index (χ0n) is 34.2. The number of carbonyl (C=O) groups excluding carboxylic acids is 7. The van der Waals surface area contributed by atoms with E-state index < -0.39 is 121 Å². The number of carboxylic acid groups (broad SMARTS) is 2. The van der Waals surface area contributed by atoms with Crippen LogP contribution >= 0.6 is 23.5 Å². The highest BCUT2D eigenvalue weighted by Crippen LogP contribution is 2.21. The SMILES string of the molecule is CSCC[C@H](NC(=O)[C@H](CC(=O)O)NC(=O)[C@H](CC(C)C)NC(=O)[C@@H]1CCCN1C(=O)[C@H](CCSC)NC(=O)[C@@H](NC(=O)CNC(=O)[C@@H](N)[C@@H](C)O)C(C)C)C(=O)O. The van der Waals surface area contributed by atoms with Crippen LogP contribution in [0.5, 0.6) is 0 Å². The maximum Gasteiger partial charge on any atom is 0.326 e. The van der Waals surface area contributed by atoms with Crippen molar-refractivity contribution in [3.05, 3.63) is 0 Å². The van der Waals surface area contributed by atoms with E-state index >= 15 is 0 Å². The van der Waals surface area contributed by atoms with Crippen molar-refractivity contribution in [3.63, 3.8) is 0 Å². The number of nitrogens with one attached hydrogen (secondary N) is 6. The minimum Gasteiger partial charge on any atom is -0.481 e. The highest BCUT2D eigenvalue weighted by atomic mass is 32.2. The fourth-order valence-corrected chi connectivity index (χ4v) is 6.86. The molecule has 0 aliphatic carbocycles. The van der Waals surface area contributed by atoms with Crippen LogP contribution in [0.25, 0.3) is 0 Å². The van der Waals surface area contributed by atoms with E-state index in [1.54, 1.807) is 34.0 Å². The van der Waals surface area contributed by atoms with E-state index in [0.717, 1.165) is 0 Å². The van der Waals surface area contributed by atoms with Crippen molar-refractivity contribution in [2.45, 2.75) is 122 Å². The Kier molecular flexibility index (Phi) is 23.3. The van der Waals surface area contributed by atoms with Gasteiger partial charge in [0.25, 0.3) is 0 Å². The van der Waals surface area contributed by atoms with Gasteiger partial charge in [0.2, 0.25) is 41.4 Å². The van der Waals surface area contributed by atoms with E-state index in [1.165, 1.54) is 35.3 Å². The number of nitrogens with two attached hydrogens (primary N) is 1. The highest BCUT2D eigenvalue weighted by molar-refractivity contribution is 7.98. The topological polar surface area (TPSA) is 316 Å². The number of rotatable bonds is 26. The van der Waals surface area contributed by atoms with Crippen LogP contribution in [-0.2, 0) is 43.2 Å². The Labute approximate surface area is 347 Å². The largest absolute Gasteiger partial charge is 0.481 e. The molecule has 0 spiro atoms. The normalized spacial score (nSPS) is 17.5. The molecular weight excluding hydrogens is 801 g/mol. The summed E-state index contributed by atoms with van der Waals surface area (Å²) >= 11 is 2.77. The summed E-state index contributed by atoms with van der Waals surface area (Å²) in [6, 6.07) is -8.80. The summed E-state index contributed by atoms with van der Waals surface area (Å²) in [5, 5.41) is 43.4. The van der Waals surface area contributed by atoms with Crippen LogP contribution in [0.15, 0.2) is 0 Å². The highest BCUT2D eigenvalue weighted by Gasteiger charge is 2.40. The first-order valence-electron chi connectivity index (χ1n) is 19.1. The molecule has 0 aromatic heterocycles. The Morgan fingerprint density at radius 1 is 0.741 bits per heavy atom. The molecule has 7 amide bonds. The van der Waals surface area contributed by atoms with Crippen LogP contribution in [-0.4, -0.2) is 159 Å². The van der Waals surface area contributed by atoms with Gasteiger partial charge in [-0.3, -0.25) is 38.4 Å². The molecule has 1 fully saturated rings. The van der Waals surface area contributed by atoms with Gasteiger partial charge in [0, 0.05) is 6.54 Å². The first-order chi connectivity index (χ1) is 27.1. The number of aliphatic carboxylic acids is 2. The lowest BCUT2D eigenvalue weighted by molar-refractivity contribution is -0.144. The summed E-state index contributed by atoms with van der Waals surface area (Å²) in [5.41, 5.74) is 5.59. The van der Waals surface area contributed by atoms with Crippen molar-refractivity contribution in [3.8, 4) is 0 Å². The van der Waals surface area contributed by atoms with Gasteiger partial charge in [0.1, 0.15) is 42.3 Å². The molecule has 0 aromatic carbocycles. The number of hydrogen-bond acceptors (Lipinski definition) is 13. The van der Waals surface area contributed by atoms with E-state index in [0.29, 0.717) is 17.9 Å². The number of amides is 7. The van der Waals surface area contributed by atoms with Crippen LogP contribution in [0.2, 0.25) is 0 Å². The van der Waals surface area contributed by atoms with Crippen molar-refractivity contribution in [2.24, 2.45) is 17.6 Å². The van der Waals surface area contributed by atoms with Gasteiger partial charge >= 0.3 is 11.9 Å². The molecule has 1 heterocycles. The molecule has 0 unspecified atom stereocenters. The number of nitrogens with zero attached hydrogens (tertiary/aromatic N) is 1. The predicted molar refractivity (Wildman–Crippen MR) is 217 cm³/mol. The van der Waals surface area contributed by atoms with E-state index in [4.69, 9.17) is 5.73 Å². The zero-order valence-corrected chi connectivity index (χ0v) is 35.8. The lowest BCUT2D eigenvalue weighted by Crippen LogP contribution is -2.60. The summed E-state index contributed by atoms with van der Waals surface area (Å²) in [4.78, 5) is 118. The first-order valence-corrected chi connectivity index (χ1v) is 21.9. The van der Waals surface area contributed by atoms with Gasteiger partial charge in [-0.15, -0.1) is 0 Å². The molecule has 0 bridgehead atoms. The summed E-state index contributed by atoms with van der Waals surface area (Å²) in [7, 11) is 0. The lowest BCUT2D eigenvalue weighted by atomic mass is 10.0. The second-order valence-electron chi connectivity index (χ2n) is 14.8. The molecule has 330 valence electrons. The molecule has 22 heteroatoms. The molecule has 1 rings (SSSR count). The van der Waals surface area contributed by atoms with Crippen molar-refractivity contribution < 1.29 is 58.5 Å². The zero-order chi connectivity index (χ0) is 44.3. The van der Waals surface area contributed by atoms with Crippen LogP contribution in [0, 0.1) is 11.8 Å². The molecule has 0 radical (unpaired) electrons. The monoisotopic (exact) mass is 862 g/mol. The third kappa shape index (κ3) is 17.8. The van der Waals surface area contributed by atoms with E-state index in [2.05, 4.69) is 31.9 Å². The number of carbonyl (C=O) groups is 9. The van der Waals surface area contributed by atoms with Gasteiger partial charge in [-0.05, 0) is 74.9 Å². The Morgan fingerprint density at radius 2 is 1.29 bits per heavy atom. The molecule has 1 aliphatic heterocycles. The molecule has 0 aromatic rings. The number of aliphatic hydroxyl groups excluding tert-OH is 1. The van der Waals surface area contributed by atoms with Gasteiger partial charge in [-0.25, -0.2) is 4.79 Å². The maximum absolute atomic E-state index is 14.1. The minimum absolute atomic E-state index is 0.0539. The Hall–Kier alpha value is -4.15. The van der Waals surface area contributed by atoms with Crippen LogP contribution in [0.3, 0.4) is 0 Å². The molecule has 11 N–H and O–H groups in total. The van der Waals surface area contributed by atoms with Crippen LogP contribution in [0.1, 0.15) is 73.1 Å². The lowest BCUT2D eigenvalue weighted by Gasteiger charge is -2.31. The number of hydrogen-bond donors (Lipinski definition) is 10. The standard InChI is InChI=1S/C36H62N8O12S2/c1-18(2)15-23(30(49)41-24(16-27(47)48)31(50)40-22(36(55)56)11-14-58-7)42-32(51)25-9-8-12-44(25)35(54)21(10-13-57-6)39-34(53)29(19(3)4)43-26(46)17-38-33(52)28(37)20(5)45/h18-25,28-29,45H,8-17,37H2,1-7H3,(H,38,52)(H,39,53)(H,40,50)(H,41,49)(H,42,51)(H,43,46)(H,47,48)(H,55,56)/t20-,21+,22+,23+,24+,25+,28+,29+/m1/s1. The summed E-state index contributed by atoms with van der Waals surface area (Å²) in [6.07, 6.45) is 2.48. The predicted octanol–water partition coefficient (Wildman–Crippen LogP) is -2.01. The van der Waals surface area contributed by atoms with Gasteiger partial charge in [-0.1, -0.05) is 27.7 Å². The third-order valence-corrected chi connectivity index (χ3v) is 10.4. The average molecular weight is 863 g/mol. The van der Waals surface area contributed by atoms with Crippen molar-refractivity contribution in [2.75, 3.05) is 37.1 Å². The second kappa shape index (κ2) is 26.1. The summed E-state index contributed by atoms with van der Waals surface area (Å²) in [5.74, 6) is -7.87. The van der Waals surface area contributed by atoms with E-state index in [1.807, 2.05) is 6.26 Å². The first kappa shape index (κ1) is 51.9. The fraction of sp³-hybridized carbons (Fsp3) is 0.750. The van der Waals surface area contributed by atoms with Crippen molar-refractivity contribution in [1.82, 2.24) is 36.8 Å². The van der Waals surface area contributed by atoms with Crippen molar-refractivity contribution >= 4 is 76.8 Å². The van der Waals surface area contributed by atoms with E-state index in [-0.39, 0.29) is 38.1 Å². The quantitative estimate of drug-likeness (QED) is 0.0450. The number of thioether (sulfide) groups is 2. The summed E-state index contributed by atoms with van der Waals surface area (Å²) < 4.78 is 0. The molecule has 58 heavy (non-hydrogen) atoms. The number of likely N-dealkylation sites (tertiary alicyclic amines) is 1. The average Bonchev–Trinajstić information content (AvgIpc) is 3.64. The van der Waals surface area contributed by atoms with Crippen LogP contribution < -0.4 is 37.6 Å².